The second-order valence-corrected chi connectivity index (χ2v) is 3.04. The second kappa shape index (κ2) is 3.36. The summed E-state index contributed by atoms with van der Waals surface area (Å²) in [6.45, 7) is -2.01. The van der Waals surface area contributed by atoms with Gasteiger partial charge in [-0.1, -0.05) is 0 Å². The molecule has 1 aliphatic rings. The molecular formula is C7H3F7O2. The largest absolute Gasteiger partial charge is 0.459 e. The van der Waals surface area contributed by atoms with Crippen molar-refractivity contribution in [2.24, 2.45) is 5.41 Å². The van der Waals surface area contributed by atoms with Crippen molar-refractivity contribution in [1.82, 2.24) is 0 Å². The molecule has 92 valence electrons. The van der Waals surface area contributed by atoms with Gasteiger partial charge < -0.3 is 4.74 Å². The van der Waals surface area contributed by atoms with Gasteiger partial charge in [0.2, 0.25) is 11.2 Å². The Morgan fingerprint density at radius 2 is 1.56 bits per heavy atom. The molecule has 0 aliphatic carbocycles. The van der Waals surface area contributed by atoms with E-state index in [0.717, 1.165) is 0 Å². The van der Waals surface area contributed by atoms with Crippen LogP contribution in [0.1, 0.15) is 0 Å². The van der Waals surface area contributed by atoms with Crippen LogP contribution in [0.25, 0.3) is 0 Å². The number of rotatable bonds is 0. The Morgan fingerprint density at radius 1 is 1.12 bits per heavy atom. The van der Waals surface area contributed by atoms with E-state index in [1.165, 1.54) is 0 Å². The monoisotopic (exact) mass is 252 g/mol. The first-order chi connectivity index (χ1) is 7.01. The molecular weight excluding hydrogens is 249 g/mol. The maximum Gasteiger partial charge on any atom is 0.410 e. The predicted molar refractivity (Wildman–Crippen MR) is 34.7 cm³/mol. The number of cyclic esters (lactones) is 1. The number of carbonyl (C=O) groups excluding carboxylic acids is 1. The molecule has 0 bridgehead atoms. The van der Waals surface area contributed by atoms with E-state index >= 15 is 0 Å². The molecule has 0 saturated heterocycles. The highest BCUT2D eigenvalue weighted by Crippen LogP contribution is 2.53. The fourth-order valence-electron chi connectivity index (χ4n) is 1.05. The van der Waals surface area contributed by atoms with Crippen LogP contribution in [0.2, 0.25) is 0 Å². The number of halogens is 7. The van der Waals surface area contributed by atoms with E-state index in [4.69, 9.17) is 0 Å². The van der Waals surface area contributed by atoms with E-state index in [9.17, 15) is 35.5 Å². The van der Waals surface area contributed by atoms with Gasteiger partial charge in [-0.15, -0.1) is 0 Å². The van der Waals surface area contributed by atoms with Gasteiger partial charge in [-0.05, 0) is 6.08 Å². The van der Waals surface area contributed by atoms with Crippen molar-refractivity contribution in [3.05, 3.63) is 11.9 Å². The Balaban J connectivity index is 3.35. The van der Waals surface area contributed by atoms with E-state index in [0.29, 0.717) is 0 Å². The molecule has 0 fully saturated rings. The Kier molecular flexibility index (Phi) is 2.68. The first-order valence-electron chi connectivity index (χ1n) is 3.70. The minimum absolute atomic E-state index is 0.793. The fraction of sp³-hybridized carbons (Fsp3) is 0.571. The molecule has 0 atom stereocenters. The molecule has 0 unspecified atom stereocenters. The van der Waals surface area contributed by atoms with Crippen molar-refractivity contribution >= 4 is 5.97 Å². The molecule has 1 heterocycles. The third kappa shape index (κ3) is 1.74. The van der Waals surface area contributed by atoms with E-state index < -0.39 is 42.2 Å². The van der Waals surface area contributed by atoms with Crippen molar-refractivity contribution in [1.29, 1.82) is 0 Å². The van der Waals surface area contributed by atoms with E-state index in [1.54, 1.807) is 0 Å². The van der Waals surface area contributed by atoms with Crippen LogP contribution in [0, 0.1) is 5.41 Å². The van der Waals surface area contributed by atoms with Crippen LogP contribution < -0.4 is 0 Å². The van der Waals surface area contributed by atoms with Gasteiger partial charge in [0.25, 0.3) is 0 Å². The summed E-state index contributed by atoms with van der Waals surface area (Å²) in [5.41, 5.74) is -4.47. The summed E-state index contributed by atoms with van der Waals surface area (Å²) >= 11 is 0. The maximum absolute atomic E-state index is 12.5. The van der Waals surface area contributed by atoms with Gasteiger partial charge in [0.15, 0.2) is 0 Å². The number of hydrogen-bond acceptors (Lipinski definition) is 2. The van der Waals surface area contributed by atoms with Crippen LogP contribution in [-0.4, -0.2) is 24.9 Å². The van der Waals surface area contributed by atoms with Crippen LogP contribution in [0.5, 0.6) is 0 Å². The number of hydrogen-bond donors (Lipinski definition) is 0. The zero-order chi connectivity index (χ0) is 12.8. The summed E-state index contributed by atoms with van der Waals surface area (Å²) in [5, 5.41) is 0. The van der Waals surface area contributed by atoms with Crippen LogP contribution >= 0.6 is 0 Å². The molecule has 0 radical (unpaired) electrons. The highest BCUT2D eigenvalue weighted by atomic mass is 19.4. The normalized spacial score (nSPS) is 21.4. The number of alkyl halides is 6. The molecule has 0 spiro atoms. The Labute approximate surface area is 83.7 Å². The Hall–Kier alpha value is -1.28. The van der Waals surface area contributed by atoms with Crippen LogP contribution in [-0.2, 0) is 9.53 Å². The van der Waals surface area contributed by atoms with Crippen LogP contribution in [0.3, 0.4) is 0 Å². The highest BCUT2D eigenvalue weighted by Gasteiger charge is 2.71. The first kappa shape index (κ1) is 12.8. The number of carbonyl (C=O) groups is 1. The lowest BCUT2D eigenvalue weighted by molar-refractivity contribution is -0.332. The van der Waals surface area contributed by atoms with E-state index in [-0.39, 0.29) is 0 Å². The maximum atomic E-state index is 12.5. The van der Waals surface area contributed by atoms with Crippen molar-refractivity contribution in [2.75, 3.05) is 6.61 Å². The van der Waals surface area contributed by atoms with Gasteiger partial charge in [0, 0.05) is 0 Å². The van der Waals surface area contributed by atoms with Crippen molar-refractivity contribution in [3.8, 4) is 0 Å². The van der Waals surface area contributed by atoms with Crippen molar-refractivity contribution in [2.45, 2.75) is 12.4 Å². The standard InChI is InChI=1S/C7H3F7O2/c8-3-1-5(6(9,10)11,7(12,13)14)2-16-4(3)15/h1H,2H2. The number of ether oxygens (including phenoxy) is 1. The quantitative estimate of drug-likeness (QED) is 0.489. The lowest BCUT2D eigenvalue weighted by atomic mass is 9.85. The van der Waals surface area contributed by atoms with Gasteiger partial charge in [-0.25, -0.2) is 4.79 Å². The van der Waals surface area contributed by atoms with Gasteiger partial charge >= 0.3 is 18.3 Å². The summed E-state index contributed by atoms with van der Waals surface area (Å²) in [5.74, 6) is -4.05. The second-order valence-electron chi connectivity index (χ2n) is 3.04. The van der Waals surface area contributed by atoms with Gasteiger partial charge in [0.05, 0.1) is 0 Å². The van der Waals surface area contributed by atoms with Crippen LogP contribution in [0.4, 0.5) is 30.7 Å². The SMILES string of the molecule is O=C1OCC(C(F)(F)F)(C(F)(F)F)C=C1F. The summed E-state index contributed by atoms with van der Waals surface area (Å²) in [4.78, 5) is 10.3. The zero-order valence-corrected chi connectivity index (χ0v) is 7.25. The van der Waals surface area contributed by atoms with E-state index in [1.807, 2.05) is 0 Å². The van der Waals surface area contributed by atoms with Crippen LogP contribution in [0.15, 0.2) is 11.9 Å². The predicted octanol–water partition coefficient (Wildman–Crippen LogP) is 2.51. The minimum Gasteiger partial charge on any atom is -0.459 e. The third-order valence-corrected chi connectivity index (χ3v) is 2.01. The molecule has 0 aromatic rings. The van der Waals surface area contributed by atoms with Crippen molar-refractivity contribution < 1.29 is 40.3 Å². The summed E-state index contributed by atoms with van der Waals surface area (Å²) in [7, 11) is 0. The van der Waals surface area contributed by atoms with Crippen molar-refractivity contribution in [3.63, 3.8) is 0 Å². The minimum atomic E-state index is -5.80. The molecule has 0 saturated carbocycles. The molecule has 1 rings (SSSR count). The first-order valence-corrected chi connectivity index (χ1v) is 3.70. The van der Waals surface area contributed by atoms with E-state index in [2.05, 4.69) is 4.74 Å². The van der Waals surface area contributed by atoms with Gasteiger partial charge in [0.1, 0.15) is 6.61 Å². The number of esters is 1. The molecule has 9 heteroatoms. The molecule has 1 aliphatic heterocycles. The average molecular weight is 252 g/mol. The summed E-state index contributed by atoms with van der Waals surface area (Å²) in [6, 6.07) is 0. The average Bonchev–Trinajstić information content (AvgIpc) is 2.05. The zero-order valence-electron chi connectivity index (χ0n) is 7.25. The molecule has 0 aromatic carbocycles. The molecule has 0 N–H and O–H groups in total. The molecule has 0 amide bonds. The lowest BCUT2D eigenvalue weighted by Crippen LogP contribution is -2.54. The lowest BCUT2D eigenvalue weighted by Gasteiger charge is -2.35. The summed E-state index contributed by atoms with van der Waals surface area (Å²) < 4.78 is 89.7. The fourth-order valence-corrected chi connectivity index (χ4v) is 1.05. The molecule has 2 nitrogen and oxygen atoms in total. The topological polar surface area (TPSA) is 26.3 Å². The third-order valence-electron chi connectivity index (χ3n) is 2.01. The molecule has 0 aromatic heterocycles. The van der Waals surface area contributed by atoms with Gasteiger partial charge in [-0.3, -0.25) is 0 Å². The summed E-state index contributed by atoms with van der Waals surface area (Å²) in [6.07, 6.45) is -12.4. The Morgan fingerprint density at radius 3 is 1.88 bits per heavy atom. The van der Waals surface area contributed by atoms with Gasteiger partial charge in [-0.2, -0.15) is 30.7 Å². The smallest absolute Gasteiger partial charge is 0.410 e. The Bertz CT molecular complexity index is 324. The highest BCUT2D eigenvalue weighted by molar-refractivity contribution is 5.87. The molecule has 16 heavy (non-hydrogen) atoms.